The summed E-state index contributed by atoms with van der Waals surface area (Å²) < 4.78 is 4.50. The summed E-state index contributed by atoms with van der Waals surface area (Å²) in [5.41, 5.74) is 1.05. The summed E-state index contributed by atoms with van der Waals surface area (Å²) in [4.78, 5) is 23.2. The molecule has 0 fully saturated rings. The van der Waals surface area contributed by atoms with Crippen LogP contribution in [0.15, 0.2) is 35.3 Å². The van der Waals surface area contributed by atoms with Crippen molar-refractivity contribution in [1.82, 2.24) is 29.0 Å². The molecule has 7 nitrogen and oxygen atoms in total. The van der Waals surface area contributed by atoms with E-state index in [-0.39, 0.29) is 11.9 Å². The molecule has 3 aromatic rings. The van der Waals surface area contributed by atoms with Crippen molar-refractivity contribution in [3.8, 4) is 0 Å². The molecule has 0 bridgehead atoms. The maximum atomic E-state index is 12.8. The predicted molar refractivity (Wildman–Crippen MR) is 82.4 cm³/mol. The summed E-state index contributed by atoms with van der Waals surface area (Å²) in [7, 11) is 0. The molecule has 3 aromatic heterocycles. The van der Waals surface area contributed by atoms with Crippen LogP contribution in [0.4, 0.5) is 0 Å². The first-order valence-corrected chi connectivity index (χ1v) is 7.76. The number of aromatic nitrogens is 5. The fourth-order valence-corrected chi connectivity index (χ4v) is 3.11. The Morgan fingerprint density at radius 2 is 2.23 bits per heavy atom. The summed E-state index contributed by atoms with van der Waals surface area (Å²) in [6.07, 6.45) is 7.18. The van der Waals surface area contributed by atoms with Crippen LogP contribution in [-0.2, 0) is 6.54 Å². The van der Waals surface area contributed by atoms with E-state index in [1.807, 2.05) is 13.1 Å². The molecular weight excluding hydrogens is 348 g/mol. The minimum atomic E-state index is -0.0941. The Kier molecular flexibility index (Phi) is 3.00. The van der Waals surface area contributed by atoms with Gasteiger partial charge in [-0.05, 0) is 22.9 Å². The van der Waals surface area contributed by atoms with Crippen molar-refractivity contribution < 1.29 is 4.79 Å². The van der Waals surface area contributed by atoms with Gasteiger partial charge in [0.05, 0.1) is 10.5 Å². The molecule has 4 heterocycles. The minimum absolute atomic E-state index is 0.0687. The molecule has 22 heavy (non-hydrogen) atoms. The summed E-state index contributed by atoms with van der Waals surface area (Å²) >= 11 is 3.35. The Morgan fingerprint density at radius 3 is 3.09 bits per heavy atom. The van der Waals surface area contributed by atoms with Crippen molar-refractivity contribution in [3.05, 3.63) is 46.8 Å². The number of fused-ring (bicyclic) bond motifs is 2. The van der Waals surface area contributed by atoms with Gasteiger partial charge < -0.3 is 9.47 Å². The maximum Gasteiger partial charge on any atom is 0.275 e. The van der Waals surface area contributed by atoms with Crippen LogP contribution >= 0.6 is 15.9 Å². The molecule has 8 heteroatoms. The second-order valence-corrected chi connectivity index (χ2v) is 6.17. The molecule has 0 saturated heterocycles. The Balaban J connectivity index is 1.68. The number of carbonyl (C=O) groups excluding carboxylic acids is 1. The molecule has 1 amide bonds. The summed E-state index contributed by atoms with van der Waals surface area (Å²) in [6.45, 7) is 3.39. The topological polar surface area (TPSA) is 68.3 Å². The molecule has 1 aliphatic rings. The zero-order valence-corrected chi connectivity index (χ0v) is 13.4. The van der Waals surface area contributed by atoms with E-state index in [2.05, 4.69) is 35.6 Å². The van der Waals surface area contributed by atoms with Gasteiger partial charge in [-0.2, -0.15) is 5.10 Å². The SMILES string of the molecule is CC1c2nccn2CCN1C(=O)c1cc2ncc(Br)cn2n1. The largest absolute Gasteiger partial charge is 0.331 e. The van der Waals surface area contributed by atoms with Crippen molar-refractivity contribution in [3.63, 3.8) is 0 Å². The van der Waals surface area contributed by atoms with Gasteiger partial charge in [-0.15, -0.1) is 0 Å². The highest BCUT2D eigenvalue weighted by Gasteiger charge is 2.30. The lowest BCUT2D eigenvalue weighted by molar-refractivity contribution is 0.0631. The predicted octanol–water partition coefficient (Wildman–Crippen LogP) is 1.91. The van der Waals surface area contributed by atoms with Gasteiger partial charge in [0.25, 0.3) is 5.91 Å². The number of nitrogens with zero attached hydrogens (tertiary/aromatic N) is 6. The van der Waals surface area contributed by atoms with Crippen LogP contribution < -0.4 is 0 Å². The van der Waals surface area contributed by atoms with Crippen LogP contribution in [0.2, 0.25) is 0 Å². The van der Waals surface area contributed by atoms with Crippen molar-refractivity contribution >= 4 is 27.5 Å². The lowest BCUT2D eigenvalue weighted by atomic mass is 10.2. The number of hydrogen-bond donors (Lipinski definition) is 0. The Morgan fingerprint density at radius 1 is 1.36 bits per heavy atom. The van der Waals surface area contributed by atoms with Crippen molar-refractivity contribution in [1.29, 1.82) is 0 Å². The standard InChI is InChI=1S/C14H13BrN6O/c1-9-13-16-2-3-19(13)4-5-20(9)14(22)11-6-12-17-7-10(15)8-21(12)18-11/h2-3,6-9H,4-5H2,1H3. The van der Waals surface area contributed by atoms with Gasteiger partial charge in [0.1, 0.15) is 5.82 Å². The van der Waals surface area contributed by atoms with E-state index in [9.17, 15) is 4.79 Å². The molecule has 0 N–H and O–H groups in total. The summed E-state index contributed by atoms with van der Waals surface area (Å²) in [5, 5.41) is 4.33. The van der Waals surface area contributed by atoms with Gasteiger partial charge in [-0.3, -0.25) is 4.79 Å². The van der Waals surface area contributed by atoms with Gasteiger partial charge in [0, 0.05) is 43.9 Å². The van der Waals surface area contributed by atoms with Crippen LogP contribution in [0.5, 0.6) is 0 Å². The van der Waals surface area contributed by atoms with Crippen LogP contribution in [-0.4, -0.2) is 41.5 Å². The first kappa shape index (κ1) is 13.4. The van der Waals surface area contributed by atoms with Gasteiger partial charge in [-0.1, -0.05) is 0 Å². The van der Waals surface area contributed by atoms with Crippen LogP contribution in [0.25, 0.3) is 5.65 Å². The molecule has 1 unspecified atom stereocenters. The molecular formula is C14H13BrN6O. The lowest BCUT2D eigenvalue weighted by Crippen LogP contribution is -2.41. The summed E-state index contributed by atoms with van der Waals surface area (Å²) in [6, 6.07) is 1.64. The van der Waals surface area contributed by atoms with E-state index in [0.717, 1.165) is 16.8 Å². The van der Waals surface area contributed by atoms with E-state index in [0.29, 0.717) is 17.9 Å². The molecule has 0 saturated carbocycles. The molecule has 112 valence electrons. The molecule has 1 atom stereocenters. The number of halogens is 1. The third-order valence-electron chi connectivity index (χ3n) is 3.93. The monoisotopic (exact) mass is 360 g/mol. The number of amides is 1. The van der Waals surface area contributed by atoms with Crippen molar-refractivity contribution in [2.75, 3.05) is 6.54 Å². The first-order chi connectivity index (χ1) is 10.6. The fraction of sp³-hybridized carbons (Fsp3) is 0.286. The normalized spacial score (nSPS) is 17.7. The van der Waals surface area contributed by atoms with Gasteiger partial charge >= 0.3 is 0 Å². The quantitative estimate of drug-likeness (QED) is 0.664. The van der Waals surface area contributed by atoms with E-state index in [4.69, 9.17) is 0 Å². The number of hydrogen-bond acceptors (Lipinski definition) is 4. The molecule has 0 spiro atoms. The van der Waals surface area contributed by atoms with Crippen LogP contribution in [0.1, 0.15) is 29.3 Å². The van der Waals surface area contributed by atoms with E-state index in [1.54, 1.807) is 34.1 Å². The first-order valence-electron chi connectivity index (χ1n) is 6.96. The van der Waals surface area contributed by atoms with Crippen molar-refractivity contribution in [2.45, 2.75) is 19.5 Å². The van der Waals surface area contributed by atoms with E-state index >= 15 is 0 Å². The molecule has 4 rings (SSSR count). The van der Waals surface area contributed by atoms with Crippen molar-refractivity contribution in [2.24, 2.45) is 0 Å². The number of rotatable bonds is 1. The number of imidazole rings is 1. The third kappa shape index (κ3) is 2.02. The average Bonchev–Trinajstić information content (AvgIpc) is 3.12. The third-order valence-corrected chi connectivity index (χ3v) is 4.34. The Bertz CT molecular complexity index is 869. The average molecular weight is 361 g/mol. The number of carbonyl (C=O) groups is 1. The van der Waals surface area contributed by atoms with Gasteiger partial charge in [0.2, 0.25) is 0 Å². The zero-order valence-electron chi connectivity index (χ0n) is 11.8. The highest BCUT2D eigenvalue weighted by Crippen LogP contribution is 2.25. The molecule has 0 aliphatic carbocycles. The lowest BCUT2D eigenvalue weighted by Gasteiger charge is -2.33. The van der Waals surface area contributed by atoms with E-state index in [1.165, 1.54) is 0 Å². The molecule has 1 aliphatic heterocycles. The second-order valence-electron chi connectivity index (χ2n) is 5.26. The molecule has 0 radical (unpaired) electrons. The Hall–Kier alpha value is -2.22. The smallest absolute Gasteiger partial charge is 0.275 e. The van der Waals surface area contributed by atoms with Gasteiger partial charge in [-0.25, -0.2) is 14.5 Å². The minimum Gasteiger partial charge on any atom is -0.331 e. The summed E-state index contributed by atoms with van der Waals surface area (Å²) in [5.74, 6) is 0.813. The highest BCUT2D eigenvalue weighted by atomic mass is 79.9. The maximum absolute atomic E-state index is 12.8. The zero-order chi connectivity index (χ0) is 15.3. The van der Waals surface area contributed by atoms with Gasteiger partial charge in [0.15, 0.2) is 11.3 Å². The van der Waals surface area contributed by atoms with Crippen LogP contribution in [0, 0.1) is 0 Å². The van der Waals surface area contributed by atoms with Crippen LogP contribution in [0.3, 0.4) is 0 Å². The second kappa shape index (κ2) is 4.91. The Labute approximate surface area is 134 Å². The van der Waals surface area contributed by atoms with E-state index < -0.39 is 0 Å². The fourth-order valence-electron chi connectivity index (χ4n) is 2.81. The molecule has 0 aromatic carbocycles. The highest BCUT2D eigenvalue weighted by molar-refractivity contribution is 9.10.